The maximum atomic E-state index is 4.12. The van der Waals surface area contributed by atoms with Gasteiger partial charge in [0.1, 0.15) is 0 Å². The minimum absolute atomic E-state index is 1.03. The Hall–Kier alpha value is -0.860. The Labute approximate surface area is 118 Å². The zero-order valence-corrected chi connectivity index (χ0v) is 12.3. The molecule has 0 nitrogen and oxygen atoms in total. The third-order valence-electron chi connectivity index (χ3n) is 2.84. The maximum absolute atomic E-state index is 4.12. The highest BCUT2D eigenvalue weighted by molar-refractivity contribution is 8.02. The van der Waals surface area contributed by atoms with E-state index in [0.29, 0.717) is 0 Å². The zero-order chi connectivity index (χ0) is 12.8. The van der Waals surface area contributed by atoms with Crippen LogP contribution in [-0.4, -0.2) is 12.0 Å². The molecule has 0 unspecified atom stereocenters. The van der Waals surface area contributed by atoms with Gasteiger partial charge in [-0.25, -0.2) is 0 Å². The summed E-state index contributed by atoms with van der Waals surface area (Å²) in [5.74, 6) is 2.20. The van der Waals surface area contributed by atoms with Crippen molar-refractivity contribution in [3.8, 4) is 0 Å². The first-order valence-electron chi connectivity index (χ1n) is 6.07. The topological polar surface area (TPSA) is 0 Å². The number of hydrogen-bond acceptors (Lipinski definition) is 2. The van der Waals surface area contributed by atoms with Gasteiger partial charge in [-0.2, -0.15) is 11.8 Å². The van der Waals surface area contributed by atoms with E-state index in [1.54, 1.807) is 0 Å². The Morgan fingerprint density at radius 1 is 1.11 bits per heavy atom. The van der Waals surface area contributed by atoms with Gasteiger partial charge in [0.2, 0.25) is 0 Å². The molecule has 18 heavy (non-hydrogen) atoms. The number of allylic oxidation sites excluding steroid dienone is 1. The summed E-state index contributed by atoms with van der Waals surface area (Å²) in [4.78, 5) is 1.29. The molecule has 0 atom stereocenters. The molecule has 0 fully saturated rings. The number of rotatable bonds is 6. The van der Waals surface area contributed by atoms with Crippen LogP contribution in [0.1, 0.15) is 12.0 Å². The summed E-state index contributed by atoms with van der Waals surface area (Å²) >= 11 is 3.75. The van der Waals surface area contributed by atoms with Gasteiger partial charge < -0.3 is 0 Å². The Morgan fingerprint density at radius 3 is 2.67 bits per heavy atom. The Kier molecular flexibility index (Phi) is 5.21. The van der Waals surface area contributed by atoms with Crippen molar-refractivity contribution < 1.29 is 0 Å². The van der Waals surface area contributed by atoms with Gasteiger partial charge in [-0.15, -0.1) is 11.8 Å². The quantitative estimate of drug-likeness (QED) is 0.697. The number of benzene rings is 2. The Balaban J connectivity index is 1.97. The van der Waals surface area contributed by atoms with Gasteiger partial charge in [0.15, 0.2) is 0 Å². The standard InChI is InChI=1S/C16H18S2/c1-13(9-10-17-2)18-12-14-7-8-15-5-3-4-6-16(15)11-14/h3-8,11H,1,9-10,12H2,2H3. The molecular weight excluding hydrogens is 256 g/mol. The molecule has 2 aromatic rings. The summed E-state index contributed by atoms with van der Waals surface area (Å²) in [6.07, 6.45) is 3.25. The lowest BCUT2D eigenvalue weighted by Crippen LogP contribution is -1.84. The molecule has 0 spiro atoms. The van der Waals surface area contributed by atoms with Crippen molar-refractivity contribution in [1.29, 1.82) is 0 Å². The van der Waals surface area contributed by atoms with Crippen LogP contribution >= 0.6 is 23.5 Å². The smallest absolute Gasteiger partial charge is 0.0228 e. The van der Waals surface area contributed by atoms with E-state index < -0.39 is 0 Å². The van der Waals surface area contributed by atoms with Gasteiger partial charge >= 0.3 is 0 Å². The first-order valence-corrected chi connectivity index (χ1v) is 8.45. The van der Waals surface area contributed by atoms with Crippen LogP contribution in [0.5, 0.6) is 0 Å². The number of thioether (sulfide) groups is 2. The largest absolute Gasteiger partial charge is 0.165 e. The molecule has 0 aromatic heterocycles. The van der Waals surface area contributed by atoms with Crippen LogP contribution < -0.4 is 0 Å². The second-order valence-corrected chi connectivity index (χ2v) is 6.39. The van der Waals surface area contributed by atoms with Crippen LogP contribution in [0.2, 0.25) is 0 Å². The van der Waals surface area contributed by atoms with E-state index in [4.69, 9.17) is 0 Å². The van der Waals surface area contributed by atoms with Crippen LogP contribution in [0, 0.1) is 0 Å². The molecule has 0 bridgehead atoms. The molecule has 0 saturated heterocycles. The van der Waals surface area contributed by atoms with E-state index in [1.807, 2.05) is 23.5 Å². The molecule has 0 saturated carbocycles. The summed E-state index contributed by atoms with van der Waals surface area (Å²) in [6.45, 7) is 4.12. The van der Waals surface area contributed by atoms with Gasteiger partial charge in [0.05, 0.1) is 0 Å². The van der Waals surface area contributed by atoms with Crippen LogP contribution in [-0.2, 0) is 5.75 Å². The molecule has 0 heterocycles. The molecule has 0 radical (unpaired) electrons. The number of fused-ring (bicyclic) bond motifs is 1. The fraction of sp³-hybridized carbons (Fsp3) is 0.250. The Bertz CT molecular complexity index is 531. The summed E-state index contributed by atoms with van der Waals surface area (Å²) < 4.78 is 0. The van der Waals surface area contributed by atoms with Crippen molar-refractivity contribution in [1.82, 2.24) is 0 Å². The van der Waals surface area contributed by atoms with Crippen LogP contribution in [0.4, 0.5) is 0 Å². The highest BCUT2D eigenvalue weighted by atomic mass is 32.2. The second kappa shape index (κ2) is 6.91. The molecule has 2 heteroatoms. The lowest BCUT2D eigenvalue weighted by Gasteiger charge is -2.06. The first-order chi connectivity index (χ1) is 8.79. The van der Waals surface area contributed by atoms with E-state index in [-0.39, 0.29) is 0 Å². The molecule has 0 aliphatic rings. The van der Waals surface area contributed by atoms with Crippen molar-refractivity contribution >= 4 is 34.3 Å². The molecule has 2 aromatic carbocycles. The lowest BCUT2D eigenvalue weighted by atomic mass is 10.1. The van der Waals surface area contributed by atoms with Gasteiger partial charge in [0.25, 0.3) is 0 Å². The predicted octanol–water partition coefficient (Wildman–Crippen LogP) is 5.34. The summed E-state index contributed by atoms with van der Waals surface area (Å²) in [7, 11) is 0. The average Bonchev–Trinajstić information content (AvgIpc) is 2.42. The van der Waals surface area contributed by atoms with Crippen molar-refractivity contribution in [3.05, 3.63) is 59.5 Å². The fourth-order valence-electron chi connectivity index (χ4n) is 1.80. The highest BCUT2D eigenvalue weighted by Gasteiger charge is 1.99. The van der Waals surface area contributed by atoms with Crippen molar-refractivity contribution in [3.63, 3.8) is 0 Å². The van der Waals surface area contributed by atoms with Crippen molar-refractivity contribution in [2.24, 2.45) is 0 Å². The van der Waals surface area contributed by atoms with E-state index >= 15 is 0 Å². The minimum atomic E-state index is 1.03. The molecular formula is C16H18S2. The van der Waals surface area contributed by atoms with E-state index in [9.17, 15) is 0 Å². The fourth-order valence-corrected chi connectivity index (χ4v) is 3.18. The van der Waals surface area contributed by atoms with Crippen molar-refractivity contribution in [2.45, 2.75) is 12.2 Å². The molecule has 0 amide bonds. The zero-order valence-electron chi connectivity index (χ0n) is 10.7. The summed E-state index contributed by atoms with van der Waals surface area (Å²) in [5.41, 5.74) is 1.38. The predicted molar refractivity (Wildman–Crippen MR) is 87.4 cm³/mol. The minimum Gasteiger partial charge on any atom is -0.165 e. The van der Waals surface area contributed by atoms with Crippen LogP contribution in [0.3, 0.4) is 0 Å². The average molecular weight is 274 g/mol. The van der Waals surface area contributed by atoms with E-state index in [0.717, 1.165) is 12.2 Å². The SMILES string of the molecule is C=C(CCSC)SCc1ccc2ccccc2c1. The van der Waals surface area contributed by atoms with Gasteiger partial charge in [-0.05, 0) is 39.7 Å². The van der Waals surface area contributed by atoms with Crippen LogP contribution in [0.15, 0.2) is 53.9 Å². The number of hydrogen-bond donors (Lipinski definition) is 0. The monoisotopic (exact) mass is 274 g/mol. The maximum Gasteiger partial charge on any atom is 0.0228 e. The molecule has 0 N–H and O–H groups in total. The molecule has 0 aliphatic heterocycles. The van der Waals surface area contributed by atoms with E-state index in [1.165, 1.54) is 27.0 Å². The highest BCUT2D eigenvalue weighted by Crippen LogP contribution is 2.25. The van der Waals surface area contributed by atoms with Crippen LogP contribution in [0.25, 0.3) is 10.8 Å². The normalized spacial score (nSPS) is 10.7. The second-order valence-electron chi connectivity index (χ2n) is 4.25. The molecule has 94 valence electrons. The van der Waals surface area contributed by atoms with E-state index in [2.05, 4.69) is 55.3 Å². The third kappa shape index (κ3) is 3.82. The van der Waals surface area contributed by atoms with Gasteiger partial charge in [-0.3, -0.25) is 0 Å². The molecule has 2 rings (SSSR count). The Morgan fingerprint density at radius 2 is 1.89 bits per heavy atom. The van der Waals surface area contributed by atoms with Crippen molar-refractivity contribution in [2.75, 3.05) is 12.0 Å². The third-order valence-corrected chi connectivity index (χ3v) is 4.54. The summed E-state index contributed by atoms with van der Waals surface area (Å²) in [6, 6.07) is 15.2. The first kappa shape index (κ1) is 13.6. The summed E-state index contributed by atoms with van der Waals surface area (Å²) in [5, 5.41) is 2.64. The molecule has 0 aliphatic carbocycles. The van der Waals surface area contributed by atoms with Gasteiger partial charge in [-0.1, -0.05) is 49.0 Å². The lowest BCUT2D eigenvalue weighted by molar-refractivity contribution is 1.23. The van der Waals surface area contributed by atoms with Gasteiger partial charge in [0, 0.05) is 5.75 Å².